The molecule has 1 aliphatic rings. The Morgan fingerprint density at radius 1 is 1.24 bits per heavy atom. The van der Waals surface area contributed by atoms with Gasteiger partial charge in [-0.1, -0.05) is 6.92 Å². The van der Waals surface area contributed by atoms with E-state index in [4.69, 9.17) is 15.5 Å². The molecule has 0 radical (unpaired) electrons. The van der Waals surface area contributed by atoms with Gasteiger partial charge in [-0.15, -0.1) is 0 Å². The topological polar surface area (TPSA) is 138 Å². The molecule has 4 rings (SSSR count). The van der Waals surface area contributed by atoms with Crippen LogP contribution in [0.25, 0.3) is 11.0 Å². The number of nitrogens with zero attached hydrogens (tertiary/aromatic N) is 7. The van der Waals surface area contributed by atoms with E-state index in [1.54, 1.807) is 4.90 Å². The Morgan fingerprint density at radius 2 is 1.95 bits per heavy atom. The lowest BCUT2D eigenvalue weighted by Gasteiger charge is -2.37. The zero-order valence-electron chi connectivity index (χ0n) is 22.4. The average molecular weight is 506 g/mol. The van der Waals surface area contributed by atoms with Gasteiger partial charge in [-0.2, -0.15) is 10.2 Å². The third kappa shape index (κ3) is 5.53. The third-order valence-electron chi connectivity index (χ3n) is 6.36. The molecule has 3 aromatic rings. The highest BCUT2D eigenvalue weighted by molar-refractivity contribution is 5.81. The Balaban J connectivity index is 1.65. The van der Waals surface area contributed by atoms with E-state index in [2.05, 4.69) is 32.3 Å². The average Bonchev–Trinajstić information content (AvgIpc) is 3.21. The zero-order valence-corrected chi connectivity index (χ0v) is 22.4. The van der Waals surface area contributed by atoms with Gasteiger partial charge in [0.15, 0.2) is 0 Å². The minimum atomic E-state index is -0.533. The summed E-state index contributed by atoms with van der Waals surface area (Å²) in [4.78, 5) is 30.1. The van der Waals surface area contributed by atoms with Crippen molar-refractivity contribution in [2.24, 2.45) is 7.05 Å². The fourth-order valence-electron chi connectivity index (χ4n) is 4.50. The van der Waals surface area contributed by atoms with Gasteiger partial charge >= 0.3 is 6.09 Å². The molecule has 0 aliphatic carbocycles. The summed E-state index contributed by atoms with van der Waals surface area (Å²) in [5, 5.41) is 13.1. The van der Waals surface area contributed by atoms with E-state index < -0.39 is 5.60 Å². The smallest absolute Gasteiger partial charge is 0.410 e. The number of ether oxygens (including phenoxy) is 1. The fourth-order valence-corrected chi connectivity index (χ4v) is 4.50. The Kier molecular flexibility index (Phi) is 7.12. The molecule has 1 aliphatic heterocycles. The number of nitrogen functional groups attached to an aromatic ring is 1. The van der Waals surface area contributed by atoms with Crippen LogP contribution in [0.15, 0.2) is 18.3 Å². The summed E-state index contributed by atoms with van der Waals surface area (Å²) in [6.07, 6.45) is 2.26. The lowest BCUT2D eigenvalue weighted by molar-refractivity contribution is 0.0240. The van der Waals surface area contributed by atoms with Crippen molar-refractivity contribution >= 4 is 34.6 Å². The van der Waals surface area contributed by atoms with Crippen LogP contribution in [0.5, 0.6) is 0 Å². The molecule has 4 heterocycles. The number of nitrogens with two attached hydrogens (primary N) is 1. The first-order chi connectivity index (χ1) is 17.5. The lowest BCUT2D eigenvalue weighted by Crippen LogP contribution is -2.50. The molecule has 0 saturated carbocycles. The number of hydrogen-bond donors (Lipinski definition) is 2. The predicted molar refractivity (Wildman–Crippen MR) is 143 cm³/mol. The first kappa shape index (κ1) is 26.0. The summed E-state index contributed by atoms with van der Waals surface area (Å²) in [6.45, 7) is 11.9. The second kappa shape index (κ2) is 10.1. The molecule has 196 valence electrons. The molecular formula is C26H35N9O2. The minimum absolute atomic E-state index is 0.121. The van der Waals surface area contributed by atoms with Crippen LogP contribution in [-0.4, -0.2) is 62.3 Å². The Morgan fingerprint density at radius 3 is 2.57 bits per heavy atom. The maximum Gasteiger partial charge on any atom is 0.410 e. The summed E-state index contributed by atoms with van der Waals surface area (Å²) < 4.78 is 7.59. The van der Waals surface area contributed by atoms with Crippen molar-refractivity contribution < 1.29 is 9.53 Å². The normalized spacial score (nSPS) is 14.9. The molecule has 11 nitrogen and oxygen atoms in total. The summed E-state index contributed by atoms with van der Waals surface area (Å²) in [6, 6.07) is 6.05. The number of piperazine rings is 1. The molecule has 1 fully saturated rings. The Hall–Kier alpha value is -4.07. The number of fused-ring (bicyclic) bond motifs is 1. The van der Waals surface area contributed by atoms with E-state index in [-0.39, 0.29) is 18.1 Å². The van der Waals surface area contributed by atoms with Crippen LogP contribution in [0.3, 0.4) is 0 Å². The summed E-state index contributed by atoms with van der Waals surface area (Å²) in [5.41, 5.74) is 10.1. The van der Waals surface area contributed by atoms with Crippen molar-refractivity contribution in [1.82, 2.24) is 24.4 Å². The van der Waals surface area contributed by atoms with Crippen LogP contribution < -0.4 is 16.0 Å². The molecule has 37 heavy (non-hydrogen) atoms. The molecule has 1 saturated heterocycles. The van der Waals surface area contributed by atoms with Crippen LogP contribution in [0, 0.1) is 11.3 Å². The fraction of sp³-hybridized carbons (Fsp3) is 0.500. The van der Waals surface area contributed by atoms with Crippen LogP contribution in [-0.2, 0) is 18.2 Å². The number of anilines is 3. The third-order valence-corrected chi connectivity index (χ3v) is 6.36. The van der Waals surface area contributed by atoms with Gasteiger partial charge in [0.1, 0.15) is 23.1 Å². The number of hydrogen-bond acceptors (Lipinski definition) is 9. The van der Waals surface area contributed by atoms with E-state index in [0.29, 0.717) is 49.7 Å². The Labute approximate surface area is 217 Å². The van der Waals surface area contributed by atoms with E-state index in [9.17, 15) is 10.1 Å². The number of nitrogens with one attached hydrogen (secondary N) is 1. The molecular weight excluding hydrogens is 470 g/mol. The van der Waals surface area contributed by atoms with Crippen molar-refractivity contribution in [2.75, 3.05) is 42.1 Å². The summed E-state index contributed by atoms with van der Waals surface area (Å²) in [5.74, 6) is 0.519. The van der Waals surface area contributed by atoms with Gasteiger partial charge in [0, 0.05) is 39.4 Å². The number of carbonyl (C=O) groups is 1. The van der Waals surface area contributed by atoms with Crippen LogP contribution in [0.4, 0.5) is 22.2 Å². The number of aryl methyl sites for hydroxylation is 2. The molecule has 0 unspecified atom stereocenters. The number of nitriles is 1. The Bertz CT molecular complexity index is 1340. The standard InChI is InChI=1S/C26H35N9O2/c1-7-18-17(15-27)23(32-24(28)31-18)29-16(2)22-21(14-20-19(30-22)8-9-33(20)6)34-10-12-35(13-11-34)25(36)37-26(3,4)5/h8-9,14,16H,7,10-13H2,1-6H3,(H3,28,29,31,32)/t16-/m0/s1. The van der Waals surface area contributed by atoms with Gasteiger partial charge in [0.05, 0.1) is 34.2 Å². The van der Waals surface area contributed by atoms with E-state index in [1.165, 1.54) is 0 Å². The molecule has 11 heteroatoms. The van der Waals surface area contributed by atoms with Crippen LogP contribution >= 0.6 is 0 Å². The van der Waals surface area contributed by atoms with E-state index in [0.717, 1.165) is 22.4 Å². The number of rotatable bonds is 5. The minimum Gasteiger partial charge on any atom is -0.444 e. The molecule has 0 aromatic carbocycles. The molecule has 3 N–H and O–H groups in total. The number of carbonyl (C=O) groups excluding carboxylic acids is 1. The highest BCUT2D eigenvalue weighted by atomic mass is 16.6. The van der Waals surface area contributed by atoms with Crippen molar-refractivity contribution in [3.05, 3.63) is 35.3 Å². The molecule has 3 aromatic heterocycles. The van der Waals surface area contributed by atoms with E-state index in [1.807, 2.05) is 58.5 Å². The molecule has 1 atom stereocenters. The number of pyridine rings is 1. The zero-order chi connectivity index (χ0) is 26.9. The molecule has 0 bridgehead atoms. The van der Waals surface area contributed by atoms with Gasteiger partial charge in [0.2, 0.25) is 5.95 Å². The van der Waals surface area contributed by atoms with Gasteiger partial charge in [0.25, 0.3) is 0 Å². The maximum absolute atomic E-state index is 12.6. The van der Waals surface area contributed by atoms with Gasteiger partial charge in [-0.25, -0.2) is 14.8 Å². The number of aromatic nitrogens is 4. The SMILES string of the molecule is CCc1nc(N)nc(N[C@@H](C)c2nc3ccn(C)c3cc2N2CCN(C(=O)OC(C)(C)C)CC2)c1C#N. The largest absolute Gasteiger partial charge is 0.444 e. The quantitative estimate of drug-likeness (QED) is 0.532. The second-order valence-electron chi connectivity index (χ2n) is 10.3. The predicted octanol–water partition coefficient (Wildman–Crippen LogP) is 3.61. The van der Waals surface area contributed by atoms with Gasteiger partial charge in [-0.05, 0) is 46.2 Å². The monoisotopic (exact) mass is 505 g/mol. The first-order valence-corrected chi connectivity index (χ1v) is 12.5. The number of amides is 1. The highest BCUT2D eigenvalue weighted by Crippen LogP contribution is 2.32. The molecule has 1 amide bonds. The second-order valence-corrected chi connectivity index (χ2v) is 10.3. The van der Waals surface area contributed by atoms with Gasteiger partial charge < -0.3 is 30.2 Å². The van der Waals surface area contributed by atoms with E-state index >= 15 is 0 Å². The van der Waals surface area contributed by atoms with Crippen molar-refractivity contribution in [1.29, 1.82) is 5.26 Å². The van der Waals surface area contributed by atoms with Crippen LogP contribution in [0.1, 0.15) is 57.6 Å². The summed E-state index contributed by atoms with van der Waals surface area (Å²) in [7, 11) is 1.99. The summed E-state index contributed by atoms with van der Waals surface area (Å²) >= 11 is 0. The van der Waals surface area contributed by atoms with Crippen molar-refractivity contribution in [3.63, 3.8) is 0 Å². The highest BCUT2D eigenvalue weighted by Gasteiger charge is 2.28. The van der Waals surface area contributed by atoms with Gasteiger partial charge in [-0.3, -0.25) is 0 Å². The van der Waals surface area contributed by atoms with Crippen LogP contribution in [0.2, 0.25) is 0 Å². The van der Waals surface area contributed by atoms with Crippen molar-refractivity contribution in [2.45, 2.75) is 52.7 Å². The lowest BCUT2D eigenvalue weighted by atomic mass is 10.1. The van der Waals surface area contributed by atoms with Crippen molar-refractivity contribution in [3.8, 4) is 6.07 Å². The molecule has 0 spiro atoms. The first-order valence-electron chi connectivity index (χ1n) is 12.5. The maximum atomic E-state index is 12.6.